The topological polar surface area (TPSA) is 122 Å². The van der Waals surface area contributed by atoms with Crippen molar-refractivity contribution in [3.05, 3.63) is 59.1 Å². The van der Waals surface area contributed by atoms with E-state index >= 15 is 0 Å². The van der Waals surface area contributed by atoms with E-state index in [1.165, 1.54) is 18.2 Å². The molecule has 0 radical (unpaired) electrons. The van der Waals surface area contributed by atoms with Crippen molar-refractivity contribution in [2.24, 2.45) is 5.73 Å². The minimum Gasteiger partial charge on any atom is -0.497 e. The van der Waals surface area contributed by atoms with Gasteiger partial charge in [-0.2, -0.15) is 0 Å². The monoisotopic (exact) mass is 480 g/mol. The van der Waals surface area contributed by atoms with Crippen molar-refractivity contribution in [3.63, 3.8) is 0 Å². The van der Waals surface area contributed by atoms with Crippen LogP contribution in [0, 0.1) is 0 Å². The van der Waals surface area contributed by atoms with Gasteiger partial charge in [0.25, 0.3) is 11.8 Å². The molecule has 0 atom stereocenters. The summed E-state index contributed by atoms with van der Waals surface area (Å²) < 4.78 is 5.23. The molecule has 0 aliphatic carbocycles. The minimum atomic E-state index is -0.636. The summed E-state index contributed by atoms with van der Waals surface area (Å²) >= 11 is 1.15. The van der Waals surface area contributed by atoms with Gasteiger partial charge in [0.05, 0.1) is 18.4 Å². The van der Waals surface area contributed by atoms with E-state index in [-0.39, 0.29) is 11.6 Å². The van der Waals surface area contributed by atoms with Crippen LogP contribution >= 0.6 is 11.3 Å². The molecule has 34 heavy (non-hydrogen) atoms. The lowest BCUT2D eigenvalue weighted by atomic mass is 10.1. The molecule has 2 heterocycles. The number of ether oxygens (including phenoxy) is 1. The average molecular weight is 481 g/mol. The molecule has 0 unspecified atom stereocenters. The van der Waals surface area contributed by atoms with Crippen LogP contribution in [0.1, 0.15) is 33.7 Å². The average Bonchev–Trinajstić information content (AvgIpc) is 3.52. The first kappa shape index (κ1) is 23.5. The predicted molar refractivity (Wildman–Crippen MR) is 135 cm³/mol. The van der Waals surface area contributed by atoms with Crippen LogP contribution in [-0.4, -0.2) is 55.0 Å². The molecule has 1 aliphatic heterocycles. The molecule has 2 aromatic carbocycles. The molecule has 5 N–H and O–H groups in total. The van der Waals surface area contributed by atoms with Crippen LogP contribution in [0.5, 0.6) is 5.75 Å². The fourth-order valence-corrected chi connectivity index (χ4v) is 4.45. The number of aromatic nitrogens is 1. The maximum absolute atomic E-state index is 13.1. The van der Waals surface area contributed by atoms with E-state index in [0.29, 0.717) is 16.4 Å². The maximum Gasteiger partial charge on any atom is 0.268 e. The van der Waals surface area contributed by atoms with Gasteiger partial charge in [-0.3, -0.25) is 14.9 Å². The van der Waals surface area contributed by atoms with Gasteiger partial charge in [-0.15, -0.1) is 11.3 Å². The highest BCUT2D eigenvalue weighted by molar-refractivity contribution is 7.14. The molecular weight excluding hydrogens is 452 g/mol. The normalized spacial score (nSPS) is 13.4. The number of primary amides is 1. The highest BCUT2D eigenvalue weighted by Gasteiger charge is 2.16. The molecule has 4 rings (SSSR count). The van der Waals surface area contributed by atoms with Crippen LogP contribution < -0.4 is 26.4 Å². The number of carbonyl (C=O) groups excluding carboxylic acids is 2. The van der Waals surface area contributed by atoms with Crippen molar-refractivity contribution >= 4 is 45.3 Å². The zero-order valence-corrected chi connectivity index (χ0v) is 19.8. The number of hydrogen-bond acceptors (Lipinski definition) is 8. The van der Waals surface area contributed by atoms with Crippen LogP contribution in [0.4, 0.5) is 22.2 Å². The molecule has 0 spiro atoms. The molecule has 1 fully saturated rings. The number of amides is 2. The summed E-state index contributed by atoms with van der Waals surface area (Å²) in [6.45, 7) is 4.11. The van der Waals surface area contributed by atoms with Crippen molar-refractivity contribution in [3.8, 4) is 5.75 Å². The van der Waals surface area contributed by atoms with Crippen LogP contribution in [-0.2, 0) is 0 Å². The highest BCUT2D eigenvalue weighted by atomic mass is 32.1. The molecule has 1 saturated heterocycles. The lowest BCUT2D eigenvalue weighted by Gasteiger charge is -2.17. The molecular formula is C24H28N6O3S. The Bertz CT molecular complexity index is 1140. The summed E-state index contributed by atoms with van der Waals surface area (Å²) in [6.07, 6.45) is 2.53. The van der Waals surface area contributed by atoms with E-state index in [0.717, 1.165) is 54.6 Å². The summed E-state index contributed by atoms with van der Waals surface area (Å²) in [5, 5.41) is 11.4. The summed E-state index contributed by atoms with van der Waals surface area (Å²) in [5.41, 5.74) is 8.19. The third-order valence-corrected chi connectivity index (χ3v) is 6.32. The van der Waals surface area contributed by atoms with Crippen LogP contribution in [0.2, 0.25) is 0 Å². The number of carbonyl (C=O) groups is 2. The predicted octanol–water partition coefficient (Wildman–Crippen LogP) is 3.75. The zero-order valence-electron chi connectivity index (χ0n) is 19.0. The lowest BCUT2D eigenvalue weighted by molar-refractivity contribution is 0.0992. The molecule has 178 valence electrons. The van der Waals surface area contributed by atoms with Crippen LogP contribution in [0.3, 0.4) is 0 Å². The van der Waals surface area contributed by atoms with Gasteiger partial charge < -0.3 is 26.0 Å². The third-order valence-electron chi connectivity index (χ3n) is 5.57. The fraction of sp³-hybridized carbons (Fsp3) is 0.292. The summed E-state index contributed by atoms with van der Waals surface area (Å²) in [5.74, 6) is -0.233. The number of thiazole rings is 1. The van der Waals surface area contributed by atoms with E-state index < -0.39 is 5.91 Å². The molecule has 9 nitrogen and oxygen atoms in total. The second-order valence-corrected chi connectivity index (χ2v) is 8.80. The number of rotatable bonds is 10. The van der Waals surface area contributed by atoms with Gasteiger partial charge in [-0.05, 0) is 68.4 Å². The Morgan fingerprint density at radius 1 is 1.12 bits per heavy atom. The van der Waals surface area contributed by atoms with Gasteiger partial charge in [0, 0.05) is 29.8 Å². The van der Waals surface area contributed by atoms with Gasteiger partial charge in [-0.25, -0.2) is 4.98 Å². The Morgan fingerprint density at radius 3 is 2.53 bits per heavy atom. The number of benzene rings is 2. The van der Waals surface area contributed by atoms with E-state index in [2.05, 4.69) is 25.8 Å². The van der Waals surface area contributed by atoms with E-state index in [1.807, 2.05) is 36.4 Å². The second kappa shape index (κ2) is 11.0. The smallest absolute Gasteiger partial charge is 0.268 e. The van der Waals surface area contributed by atoms with Gasteiger partial charge in [0.15, 0.2) is 5.13 Å². The molecule has 2 amide bonds. The number of nitrogens with two attached hydrogens (primary N) is 1. The number of hydrogen-bond donors (Lipinski definition) is 4. The number of nitrogens with one attached hydrogen (secondary N) is 3. The lowest BCUT2D eigenvalue weighted by Crippen LogP contribution is -2.26. The third kappa shape index (κ3) is 6.03. The highest BCUT2D eigenvalue weighted by Crippen LogP contribution is 2.27. The van der Waals surface area contributed by atoms with E-state index in [1.54, 1.807) is 13.2 Å². The van der Waals surface area contributed by atoms with Gasteiger partial charge >= 0.3 is 0 Å². The SMILES string of the molecule is COc1ccc(Nc2cc(NCCN3CCCC3)ccc2C(=O)Nc2nc(C(N)=O)cs2)cc1. The first-order valence-electron chi connectivity index (χ1n) is 11.1. The molecule has 3 aromatic rings. The van der Waals surface area contributed by atoms with Crippen LogP contribution in [0.15, 0.2) is 47.8 Å². The first-order valence-corrected chi connectivity index (χ1v) is 12.0. The van der Waals surface area contributed by atoms with Crippen molar-refractivity contribution in [1.29, 1.82) is 0 Å². The Labute approximate surface area is 202 Å². The maximum atomic E-state index is 13.1. The minimum absolute atomic E-state index is 0.120. The van der Waals surface area contributed by atoms with Crippen LogP contribution in [0.25, 0.3) is 0 Å². The van der Waals surface area contributed by atoms with Crippen molar-refractivity contribution in [2.45, 2.75) is 12.8 Å². The first-order chi connectivity index (χ1) is 16.5. The van der Waals surface area contributed by atoms with E-state index in [4.69, 9.17) is 10.5 Å². The number of methoxy groups -OCH3 is 1. The van der Waals surface area contributed by atoms with Gasteiger partial charge in [0.2, 0.25) is 0 Å². The second-order valence-electron chi connectivity index (χ2n) is 7.95. The van der Waals surface area contributed by atoms with Gasteiger partial charge in [0.1, 0.15) is 11.4 Å². The standard InChI is InChI=1S/C24H28N6O3S/c1-33-18-7-4-16(5-8-18)27-20-14-17(26-10-13-30-11-2-3-12-30)6-9-19(20)23(32)29-24-28-21(15-34-24)22(25)31/h4-9,14-15,26-27H,2-3,10-13H2,1H3,(H2,25,31)(H,28,29,32). The van der Waals surface area contributed by atoms with Crippen molar-refractivity contribution in [2.75, 3.05) is 49.2 Å². The quantitative estimate of drug-likeness (QED) is 0.349. The van der Waals surface area contributed by atoms with E-state index in [9.17, 15) is 9.59 Å². The fourth-order valence-electron chi connectivity index (χ4n) is 3.76. The molecule has 1 aromatic heterocycles. The largest absolute Gasteiger partial charge is 0.497 e. The Hall–Kier alpha value is -3.63. The number of likely N-dealkylation sites (tertiary alicyclic amines) is 1. The molecule has 0 saturated carbocycles. The summed E-state index contributed by atoms with van der Waals surface area (Å²) in [4.78, 5) is 30.9. The Morgan fingerprint density at radius 2 is 1.85 bits per heavy atom. The summed E-state index contributed by atoms with van der Waals surface area (Å²) in [7, 11) is 1.62. The van der Waals surface area contributed by atoms with Gasteiger partial charge in [-0.1, -0.05) is 0 Å². The zero-order chi connectivity index (χ0) is 23.9. The van der Waals surface area contributed by atoms with Crippen molar-refractivity contribution < 1.29 is 14.3 Å². The Kier molecular flexibility index (Phi) is 7.61. The number of nitrogens with zero attached hydrogens (tertiary/aromatic N) is 2. The molecule has 0 bridgehead atoms. The Balaban J connectivity index is 1.52. The number of anilines is 4. The van der Waals surface area contributed by atoms with Crippen molar-refractivity contribution in [1.82, 2.24) is 9.88 Å². The summed E-state index contributed by atoms with van der Waals surface area (Å²) in [6, 6.07) is 13.0. The molecule has 1 aliphatic rings. The molecule has 10 heteroatoms.